The van der Waals surface area contributed by atoms with Crippen LogP contribution in [0.1, 0.15) is 25.2 Å². The summed E-state index contributed by atoms with van der Waals surface area (Å²) in [5, 5.41) is 8.13. The molecule has 136 valence electrons. The quantitative estimate of drug-likeness (QED) is 0.581. The van der Waals surface area contributed by atoms with Crippen LogP contribution in [0.15, 0.2) is 56.7 Å². The summed E-state index contributed by atoms with van der Waals surface area (Å²) in [6.07, 6.45) is 1.58. The van der Waals surface area contributed by atoms with Gasteiger partial charge in [-0.05, 0) is 32.4 Å². The highest BCUT2D eigenvalue weighted by atomic mass is 32.2. The molecule has 0 N–H and O–H groups in total. The molecule has 1 amide bonds. The van der Waals surface area contributed by atoms with Crippen LogP contribution in [-0.4, -0.2) is 32.8 Å². The molecule has 3 aromatic rings. The molecule has 0 aliphatic carbocycles. The van der Waals surface area contributed by atoms with Gasteiger partial charge in [-0.15, -0.1) is 10.2 Å². The van der Waals surface area contributed by atoms with Gasteiger partial charge in [0.2, 0.25) is 5.91 Å². The van der Waals surface area contributed by atoms with Crippen LogP contribution in [0.2, 0.25) is 0 Å². The molecule has 0 aliphatic rings. The summed E-state index contributed by atoms with van der Waals surface area (Å²) in [5.41, 5.74) is 1.87. The Bertz CT molecular complexity index is 860. The first kappa shape index (κ1) is 18.3. The van der Waals surface area contributed by atoms with Crippen LogP contribution in [0, 0.1) is 6.92 Å². The predicted molar refractivity (Wildman–Crippen MR) is 99.6 cm³/mol. The minimum atomic E-state index is -0.322. The minimum Gasteiger partial charge on any atom is -0.469 e. The Hall–Kier alpha value is -2.54. The Morgan fingerprint density at radius 1 is 1.23 bits per heavy atom. The van der Waals surface area contributed by atoms with Crippen molar-refractivity contribution in [1.82, 2.24) is 15.1 Å². The third-order valence-electron chi connectivity index (χ3n) is 4.03. The Kier molecular flexibility index (Phi) is 5.78. The molecule has 7 heteroatoms. The van der Waals surface area contributed by atoms with E-state index in [0.29, 0.717) is 30.0 Å². The van der Waals surface area contributed by atoms with E-state index in [1.165, 1.54) is 11.8 Å². The molecule has 0 radical (unpaired) electrons. The van der Waals surface area contributed by atoms with Crippen molar-refractivity contribution >= 4 is 17.7 Å². The fraction of sp³-hybridized carbons (Fsp3) is 0.316. The molecule has 1 aromatic carbocycles. The van der Waals surface area contributed by atoms with Crippen LogP contribution >= 0.6 is 11.8 Å². The molecule has 1 unspecified atom stereocenters. The number of benzene rings is 1. The lowest BCUT2D eigenvalue weighted by molar-refractivity contribution is -0.130. The van der Waals surface area contributed by atoms with E-state index in [4.69, 9.17) is 8.83 Å². The molecule has 0 spiro atoms. The maximum absolute atomic E-state index is 12.8. The van der Waals surface area contributed by atoms with Gasteiger partial charge < -0.3 is 13.7 Å². The zero-order valence-corrected chi connectivity index (χ0v) is 15.8. The minimum absolute atomic E-state index is 0.0422. The predicted octanol–water partition coefficient (Wildman–Crippen LogP) is 4.17. The molecular weight excluding hydrogens is 350 g/mol. The highest BCUT2D eigenvalue weighted by Gasteiger charge is 2.23. The van der Waals surface area contributed by atoms with Crippen LogP contribution in [-0.2, 0) is 11.3 Å². The largest absolute Gasteiger partial charge is 0.469 e. The van der Waals surface area contributed by atoms with E-state index in [0.717, 1.165) is 11.1 Å². The molecule has 2 heterocycles. The normalized spacial score (nSPS) is 12.1. The van der Waals surface area contributed by atoms with Crippen molar-refractivity contribution < 1.29 is 13.6 Å². The maximum atomic E-state index is 12.8. The van der Waals surface area contributed by atoms with Crippen molar-refractivity contribution in [2.24, 2.45) is 0 Å². The van der Waals surface area contributed by atoms with Crippen LogP contribution in [0.3, 0.4) is 0 Å². The Morgan fingerprint density at radius 3 is 2.65 bits per heavy atom. The first-order valence-corrected chi connectivity index (χ1v) is 9.33. The summed E-state index contributed by atoms with van der Waals surface area (Å²) in [5.74, 6) is 1.16. The molecule has 6 nitrogen and oxygen atoms in total. The van der Waals surface area contributed by atoms with E-state index in [1.807, 2.05) is 56.0 Å². The number of nitrogens with zero attached hydrogens (tertiary/aromatic N) is 3. The Labute approximate surface area is 156 Å². The summed E-state index contributed by atoms with van der Waals surface area (Å²) in [6.45, 7) is 6.89. The van der Waals surface area contributed by atoms with E-state index < -0.39 is 0 Å². The van der Waals surface area contributed by atoms with E-state index in [2.05, 4.69) is 10.2 Å². The summed E-state index contributed by atoms with van der Waals surface area (Å²) >= 11 is 1.27. The lowest BCUT2D eigenvalue weighted by Crippen LogP contribution is -2.35. The number of carbonyl (C=O) groups excluding carboxylic acids is 1. The van der Waals surface area contributed by atoms with Crippen LogP contribution in [0.4, 0.5) is 0 Å². The van der Waals surface area contributed by atoms with Crippen molar-refractivity contribution in [3.63, 3.8) is 0 Å². The van der Waals surface area contributed by atoms with Gasteiger partial charge in [-0.1, -0.05) is 42.1 Å². The van der Waals surface area contributed by atoms with E-state index >= 15 is 0 Å². The zero-order valence-electron chi connectivity index (χ0n) is 15.0. The van der Waals surface area contributed by atoms with Gasteiger partial charge >= 0.3 is 0 Å². The number of rotatable bonds is 7. The van der Waals surface area contributed by atoms with Crippen molar-refractivity contribution in [3.05, 3.63) is 54.0 Å². The second-order valence-electron chi connectivity index (χ2n) is 5.86. The van der Waals surface area contributed by atoms with Gasteiger partial charge in [-0.3, -0.25) is 4.79 Å². The highest BCUT2D eigenvalue weighted by molar-refractivity contribution is 8.00. The van der Waals surface area contributed by atoms with Crippen molar-refractivity contribution in [2.45, 2.75) is 37.8 Å². The summed E-state index contributed by atoms with van der Waals surface area (Å²) in [6, 6.07) is 11.7. The summed E-state index contributed by atoms with van der Waals surface area (Å²) in [4.78, 5) is 14.6. The SMILES string of the molecule is CCN(Cc1ccccc1)C(=O)C(C)Sc1nnc(-c2ccoc2C)o1. The fourth-order valence-corrected chi connectivity index (χ4v) is 3.35. The van der Waals surface area contributed by atoms with Gasteiger partial charge in [0.15, 0.2) is 0 Å². The summed E-state index contributed by atoms with van der Waals surface area (Å²) in [7, 11) is 0. The Morgan fingerprint density at radius 2 is 2.00 bits per heavy atom. The number of carbonyl (C=O) groups is 1. The highest BCUT2D eigenvalue weighted by Crippen LogP contribution is 2.29. The average Bonchev–Trinajstić information content (AvgIpc) is 3.28. The average molecular weight is 371 g/mol. The summed E-state index contributed by atoms with van der Waals surface area (Å²) < 4.78 is 10.9. The number of thioether (sulfide) groups is 1. The molecule has 0 fully saturated rings. The topological polar surface area (TPSA) is 72.4 Å². The number of furan rings is 1. The van der Waals surface area contributed by atoms with E-state index in [1.54, 1.807) is 12.3 Å². The third-order valence-corrected chi connectivity index (χ3v) is 4.95. The second kappa shape index (κ2) is 8.23. The third kappa shape index (κ3) is 4.16. The first-order valence-electron chi connectivity index (χ1n) is 8.45. The van der Waals surface area contributed by atoms with E-state index in [-0.39, 0.29) is 11.2 Å². The molecule has 26 heavy (non-hydrogen) atoms. The molecule has 3 rings (SSSR count). The lowest BCUT2D eigenvalue weighted by Gasteiger charge is -2.23. The monoisotopic (exact) mass is 371 g/mol. The Balaban J connectivity index is 1.65. The number of amides is 1. The molecule has 0 saturated carbocycles. The number of hydrogen-bond acceptors (Lipinski definition) is 6. The smallest absolute Gasteiger partial charge is 0.277 e. The van der Waals surface area contributed by atoms with Gasteiger partial charge in [0, 0.05) is 13.1 Å². The van der Waals surface area contributed by atoms with Gasteiger partial charge in [-0.2, -0.15) is 0 Å². The number of aromatic nitrogens is 2. The molecule has 0 aliphatic heterocycles. The molecule has 2 aromatic heterocycles. The first-order chi connectivity index (χ1) is 12.6. The lowest BCUT2D eigenvalue weighted by atomic mass is 10.2. The van der Waals surface area contributed by atoms with Gasteiger partial charge in [0.05, 0.1) is 17.1 Å². The maximum Gasteiger partial charge on any atom is 0.277 e. The molecule has 0 saturated heterocycles. The van der Waals surface area contributed by atoms with Crippen molar-refractivity contribution in [2.75, 3.05) is 6.54 Å². The van der Waals surface area contributed by atoms with Gasteiger partial charge in [0.25, 0.3) is 11.1 Å². The van der Waals surface area contributed by atoms with E-state index in [9.17, 15) is 4.79 Å². The van der Waals surface area contributed by atoms with Crippen LogP contribution < -0.4 is 0 Å². The number of hydrogen-bond donors (Lipinski definition) is 0. The molecule has 0 bridgehead atoms. The van der Waals surface area contributed by atoms with Crippen LogP contribution in [0.25, 0.3) is 11.5 Å². The van der Waals surface area contributed by atoms with Crippen molar-refractivity contribution in [1.29, 1.82) is 0 Å². The zero-order chi connectivity index (χ0) is 18.5. The van der Waals surface area contributed by atoms with Crippen LogP contribution in [0.5, 0.6) is 0 Å². The standard InChI is InChI=1S/C19H21N3O3S/c1-4-22(12-15-8-6-5-7-9-15)18(23)14(3)26-19-21-20-17(25-19)16-10-11-24-13(16)2/h5-11,14H,4,12H2,1-3H3. The molecule has 1 atom stereocenters. The van der Waals surface area contributed by atoms with Gasteiger partial charge in [-0.25, -0.2) is 0 Å². The number of aryl methyl sites for hydroxylation is 1. The fourth-order valence-electron chi connectivity index (χ4n) is 2.58. The second-order valence-corrected chi connectivity index (χ2v) is 7.15. The van der Waals surface area contributed by atoms with Gasteiger partial charge in [0.1, 0.15) is 5.76 Å². The molecular formula is C19H21N3O3S. The van der Waals surface area contributed by atoms with Crippen molar-refractivity contribution in [3.8, 4) is 11.5 Å².